The summed E-state index contributed by atoms with van der Waals surface area (Å²) in [6.45, 7) is 21.4. The molecule has 0 heterocycles. The van der Waals surface area contributed by atoms with Crippen molar-refractivity contribution in [2.24, 2.45) is 10.8 Å². The SMILES string of the molecule is C=CC[C@@]1(CCCOC(=O)C(C)(C)C)C=CC(O[Si](C)(C)C(C)(C)C)=CC1. The first-order valence-corrected chi connectivity index (χ1v) is 13.0. The van der Waals surface area contributed by atoms with Gasteiger partial charge in [0.05, 0.1) is 17.8 Å². The van der Waals surface area contributed by atoms with Gasteiger partial charge in [0.15, 0.2) is 0 Å². The molecule has 1 rings (SSSR count). The summed E-state index contributed by atoms with van der Waals surface area (Å²) in [6.07, 6.45) is 12.3. The van der Waals surface area contributed by atoms with Crippen LogP contribution in [-0.2, 0) is 14.0 Å². The molecular weight excluding hydrogens is 352 g/mol. The largest absolute Gasteiger partial charge is 0.544 e. The zero-order valence-electron chi connectivity index (χ0n) is 18.8. The summed E-state index contributed by atoms with van der Waals surface area (Å²) in [5.74, 6) is 0.866. The molecule has 0 bridgehead atoms. The summed E-state index contributed by atoms with van der Waals surface area (Å²) in [5.41, 5.74) is -0.390. The number of carbonyl (C=O) groups excluding carboxylic acids is 1. The maximum Gasteiger partial charge on any atom is 0.311 e. The Bertz CT molecular complexity index is 588. The van der Waals surface area contributed by atoms with Gasteiger partial charge in [-0.15, -0.1) is 6.58 Å². The van der Waals surface area contributed by atoms with Crippen LogP contribution in [0.25, 0.3) is 0 Å². The highest BCUT2D eigenvalue weighted by Gasteiger charge is 2.39. The fraction of sp³-hybridized carbons (Fsp3) is 0.696. The fourth-order valence-electron chi connectivity index (χ4n) is 2.75. The molecule has 0 aromatic rings. The lowest BCUT2D eigenvalue weighted by Crippen LogP contribution is -2.40. The van der Waals surface area contributed by atoms with E-state index in [1.165, 1.54) is 0 Å². The smallest absolute Gasteiger partial charge is 0.311 e. The van der Waals surface area contributed by atoms with Gasteiger partial charge in [0.1, 0.15) is 0 Å². The summed E-state index contributed by atoms with van der Waals surface area (Å²) in [5, 5.41) is 0.189. The van der Waals surface area contributed by atoms with Crippen molar-refractivity contribution in [3.05, 3.63) is 36.6 Å². The van der Waals surface area contributed by atoms with E-state index in [4.69, 9.17) is 9.16 Å². The Morgan fingerprint density at radius 1 is 1.26 bits per heavy atom. The van der Waals surface area contributed by atoms with Crippen LogP contribution >= 0.6 is 0 Å². The summed E-state index contributed by atoms with van der Waals surface area (Å²) < 4.78 is 11.8. The Morgan fingerprint density at radius 3 is 2.33 bits per heavy atom. The van der Waals surface area contributed by atoms with Gasteiger partial charge in [0, 0.05) is 0 Å². The topological polar surface area (TPSA) is 35.5 Å². The first-order chi connectivity index (χ1) is 12.2. The molecule has 0 aromatic heterocycles. The Kier molecular flexibility index (Phi) is 7.75. The third-order valence-corrected chi connectivity index (χ3v) is 10.1. The van der Waals surface area contributed by atoms with Gasteiger partial charge in [-0.25, -0.2) is 0 Å². The van der Waals surface area contributed by atoms with Crippen molar-refractivity contribution in [3.63, 3.8) is 0 Å². The molecule has 0 amide bonds. The quantitative estimate of drug-likeness (QED) is 0.197. The lowest BCUT2D eigenvalue weighted by atomic mass is 9.75. The molecule has 1 aliphatic rings. The highest BCUT2D eigenvalue weighted by molar-refractivity contribution is 6.74. The Hall–Kier alpha value is -1.29. The fourth-order valence-corrected chi connectivity index (χ4v) is 3.80. The van der Waals surface area contributed by atoms with Gasteiger partial charge in [-0.3, -0.25) is 4.79 Å². The van der Waals surface area contributed by atoms with Crippen LogP contribution in [0.15, 0.2) is 36.6 Å². The lowest BCUT2D eigenvalue weighted by molar-refractivity contribution is -0.153. The van der Waals surface area contributed by atoms with Crippen LogP contribution in [0.2, 0.25) is 18.1 Å². The van der Waals surface area contributed by atoms with Crippen LogP contribution < -0.4 is 0 Å². The highest BCUT2D eigenvalue weighted by atomic mass is 28.4. The minimum atomic E-state index is -1.82. The number of esters is 1. The second-order valence-electron chi connectivity index (χ2n) is 10.4. The average molecular weight is 393 g/mol. The molecule has 0 spiro atoms. The number of hydrogen-bond donors (Lipinski definition) is 0. The zero-order valence-corrected chi connectivity index (χ0v) is 19.8. The number of allylic oxidation sites excluding steroid dienone is 4. The molecule has 0 aromatic carbocycles. The molecule has 3 nitrogen and oxygen atoms in total. The van der Waals surface area contributed by atoms with E-state index in [1.54, 1.807) is 0 Å². The molecule has 1 atom stereocenters. The normalized spacial score (nSPS) is 20.8. The van der Waals surface area contributed by atoms with E-state index in [0.29, 0.717) is 6.61 Å². The molecule has 0 radical (unpaired) electrons. The van der Waals surface area contributed by atoms with Gasteiger partial charge in [-0.05, 0) is 82.2 Å². The van der Waals surface area contributed by atoms with Gasteiger partial charge >= 0.3 is 5.97 Å². The molecule has 4 heteroatoms. The van der Waals surface area contributed by atoms with Crippen molar-refractivity contribution in [3.8, 4) is 0 Å². The molecule has 154 valence electrons. The predicted octanol–water partition coefficient (Wildman–Crippen LogP) is 6.78. The van der Waals surface area contributed by atoms with Crippen LogP contribution in [0.3, 0.4) is 0 Å². The van der Waals surface area contributed by atoms with Crippen molar-refractivity contribution in [2.45, 2.75) is 85.4 Å². The molecule has 0 N–H and O–H groups in total. The Labute approximate surface area is 168 Å². The van der Waals surface area contributed by atoms with Gasteiger partial charge < -0.3 is 9.16 Å². The van der Waals surface area contributed by atoms with E-state index in [0.717, 1.165) is 31.4 Å². The van der Waals surface area contributed by atoms with Gasteiger partial charge in [-0.1, -0.05) is 32.9 Å². The van der Waals surface area contributed by atoms with Crippen molar-refractivity contribution in [1.29, 1.82) is 0 Å². The molecule has 27 heavy (non-hydrogen) atoms. The summed E-state index contributed by atoms with van der Waals surface area (Å²) >= 11 is 0. The third kappa shape index (κ3) is 6.98. The lowest BCUT2D eigenvalue weighted by Gasteiger charge is -2.38. The predicted molar refractivity (Wildman–Crippen MR) is 117 cm³/mol. The standard InChI is InChI=1S/C23H40O3Si/c1-10-14-23(15-11-18-25-20(24)21(2,3)4)16-12-19(13-17-23)26-27(8,9)22(5,6)7/h10,12-13,16H,1,11,14-15,17-18H2,2-9H3/t23-/m1/s1. The maximum absolute atomic E-state index is 11.9. The molecule has 0 aliphatic heterocycles. The van der Waals surface area contributed by atoms with Crippen molar-refractivity contribution < 1.29 is 14.0 Å². The van der Waals surface area contributed by atoms with Crippen LogP contribution in [-0.4, -0.2) is 20.9 Å². The molecule has 1 aliphatic carbocycles. The summed E-state index contributed by atoms with van der Waals surface area (Å²) in [4.78, 5) is 11.9. The molecule has 0 saturated heterocycles. The highest BCUT2D eigenvalue weighted by Crippen LogP contribution is 2.42. The van der Waals surface area contributed by atoms with E-state index in [9.17, 15) is 4.79 Å². The number of ether oxygens (including phenoxy) is 1. The van der Waals surface area contributed by atoms with Crippen LogP contribution in [0.4, 0.5) is 0 Å². The molecule has 0 saturated carbocycles. The van der Waals surface area contributed by atoms with Crippen LogP contribution in [0, 0.1) is 10.8 Å². The van der Waals surface area contributed by atoms with Crippen molar-refractivity contribution in [2.75, 3.05) is 6.61 Å². The molecule has 0 fully saturated rings. The van der Waals surface area contributed by atoms with Crippen LogP contribution in [0.1, 0.15) is 67.2 Å². The van der Waals surface area contributed by atoms with E-state index >= 15 is 0 Å². The first-order valence-electron chi connectivity index (χ1n) is 10.1. The van der Waals surface area contributed by atoms with Crippen LogP contribution in [0.5, 0.6) is 0 Å². The van der Waals surface area contributed by atoms with E-state index in [2.05, 4.69) is 58.7 Å². The minimum Gasteiger partial charge on any atom is -0.544 e. The minimum absolute atomic E-state index is 0.0518. The third-order valence-electron chi connectivity index (χ3n) is 5.71. The number of hydrogen-bond acceptors (Lipinski definition) is 3. The van der Waals surface area contributed by atoms with E-state index in [1.807, 2.05) is 26.8 Å². The number of carbonyl (C=O) groups is 1. The summed E-state index contributed by atoms with van der Waals surface area (Å²) in [7, 11) is -1.82. The molecular formula is C23H40O3Si. The summed E-state index contributed by atoms with van der Waals surface area (Å²) in [6, 6.07) is 0. The number of rotatable bonds is 8. The second kappa shape index (κ2) is 8.81. The van der Waals surface area contributed by atoms with Gasteiger partial charge in [0.2, 0.25) is 8.32 Å². The van der Waals surface area contributed by atoms with E-state index in [-0.39, 0.29) is 16.4 Å². The van der Waals surface area contributed by atoms with E-state index < -0.39 is 13.7 Å². The monoisotopic (exact) mass is 392 g/mol. The maximum atomic E-state index is 11.9. The van der Waals surface area contributed by atoms with Gasteiger partial charge in [0.25, 0.3) is 0 Å². The van der Waals surface area contributed by atoms with Crippen molar-refractivity contribution in [1.82, 2.24) is 0 Å². The Balaban J connectivity index is 2.65. The zero-order chi connectivity index (χ0) is 20.9. The Morgan fingerprint density at radius 2 is 1.89 bits per heavy atom. The first kappa shape index (κ1) is 23.7. The van der Waals surface area contributed by atoms with Crippen molar-refractivity contribution >= 4 is 14.3 Å². The molecule has 0 unspecified atom stereocenters. The second-order valence-corrected chi connectivity index (χ2v) is 15.1. The van der Waals surface area contributed by atoms with Gasteiger partial charge in [-0.2, -0.15) is 0 Å². The average Bonchev–Trinajstić information content (AvgIpc) is 2.52.